The number of benzene rings is 2. The van der Waals surface area contributed by atoms with Crippen LogP contribution in [0.2, 0.25) is 15.1 Å². The van der Waals surface area contributed by atoms with Gasteiger partial charge < -0.3 is 10.4 Å². The van der Waals surface area contributed by atoms with E-state index in [1.165, 1.54) is 6.07 Å². The van der Waals surface area contributed by atoms with Gasteiger partial charge in [-0.3, -0.25) is 0 Å². The second-order valence-electron chi connectivity index (χ2n) is 4.79. The van der Waals surface area contributed by atoms with Crippen molar-refractivity contribution >= 4 is 34.8 Å². The zero-order valence-electron chi connectivity index (χ0n) is 11.5. The maximum absolute atomic E-state index is 9.97. The van der Waals surface area contributed by atoms with Gasteiger partial charge in [0.15, 0.2) is 0 Å². The van der Waals surface area contributed by atoms with E-state index >= 15 is 0 Å². The molecule has 0 aliphatic rings. The Morgan fingerprint density at radius 3 is 2.33 bits per heavy atom. The summed E-state index contributed by atoms with van der Waals surface area (Å²) in [7, 11) is 0. The molecule has 0 fully saturated rings. The maximum Gasteiger partial charge on any atom is 0.138 e. The summed E-state index contributed by atoms with van der Waals surface area (Å²) in [6.45, 7) is 2.57. The van der Waals surface area contributed by atoms with Gasteiger partial charge in [0.1, 0.15) is 5.75 Å². The zero-order valence-corrected chi connectivity index (χ0v) is 13.8. The minimum absolute atomic E-state index is 0.0690. The molecule has 0 spiro atoms. The fourth-order valence-electron chi connectivity index (χ4n) is 2.18. The number of rotatable bonds is 5. The molecule has 0 bridgehead atoms. The summed E-state index contributed by atoms with van der Waals surface area (Å²) in [5.74, 6) is 0.0690. The molecule has 1 atom stereocenters. The fourth-order valence-corrected chi connectivity index (χ4v) is 2.84. The van der Waals surface area contributed by atoms with Crippen LogP contribution >= 0.6 is 34.8 Å². The third-order valence-corrected chi connectivity index (χ3v) is 4.08. The predicted octanol–water partition coefficient (Wildman–Crippen LogP) is 5.59. The number of phenols is 1. The van der Waals surface area contributed by atoms with Crippen LogP contribution in [0, 0.1) is 0 Å². The van der Waals surface area contributed by atoms with Gasteiger partial charge in [-0.25, -0.2) is 0 Å². The number of hydrogen-bond donors (Lipinski definition) is 2. The second-order valence-corrected chi connectivity index (χ2v) is 6.07. The van der Waals surface area contributed by atoms with Crippen LogP contribution in [0.3, 0.4) is 0 Å². The normalized spacial score (nSPS) is 12.4. The number of halogens is 3. The summed E-state index contributed by atoms with van der Waals surface area (Å²) in [5.41, 5.74) is 1.83. The van der Waals surface area contributed by atoms with Crippen molar-refractivity contribution in [1.29, 1.82) is 0 Å². The van der Waals surface area contributed by atoms with E-state index in [4.69, 9.17) is 34.8 Å². The maximum atomic E-state index is 9.97. The van der Waals surface area contributed by atoms with Gasteiger partial charge in [-0.05, 0) is 36.2 Å². The smallest absolute Gasteiger partial charge is 0.138 e. The van der Waals surface area contributed by atoms with Crippen molar-refractivity contribution in [3.8, 4) is 5.75 Å². The Morgan fingerprint density at radius 1 is 1.05 bits per heavy atom. The van der Waals surface area contributed by atoms with Gasteiger partial charge in [0.05, 0.1) is 5.02 Å². The molecule has 0 heterocycles. The van der Waals surface area contributed by atoms with Crippen LogP contribution < -0.4 is 5.32 Å². The molecule has 2 nitrogen and oxygen atoms in total. The number of aromatic hydroxyl groups is 1. The van der Waals surface area contributed by atoms with Crippen LogP contribution in [-0.4, -0.2) is 5.11 Å². The Morgan fingerprint density at radius 2 is 1.71 bits per heavy atom. The third-order valence-electron chi connectivity index (χ3n) is 3.33. The molecular weight excluding hydrogens is 329 g/mol. The van der Waals surface area contributed by atoms with Crippen LogP contribution in [0.5, 0.6) is 5.75 Å². The van der Waals surface area contributed by atoms with Crippen LogP contribution in [0.15, 0.2) is 36.4 Å². The lowest BCUT2D eigenvalue weighted by Gasteiger charge is -2.18. The first kappa shape index (κ1) is 16.4. The molecule has 1 unspecified atom stereocenters. The first-order valence-corrected chi connectivity index (χ1v) is 7.80. The molecule has 2 N–H and O–H groups in total. The quantitative estimate of drug-likeness (QED) is 0.740. The third kappa shape index (κ3) is 4.27. The summed E-state index contributed by atoms with van der Waals surface area (Å²) in [6.07, 6.45) is 0.913. The largest absolute Gasteiger partial charge is 0.506 e. The van der Waals surface area contributed by atoms with Gasteiger partial charge in [0, 0.05) is 28.2 Å². The average Bonchev–Trinajstić information content (AvgIpc) is 2.46. The van der Waals surface area contributed by atoms with E-state index in [2.05, 4.69) is 12.2 Å². The highest BCUT2D eigenvalue weighted by Crippen LogP contribution is 2.31. The van der Waals surface area contributed by atoms with E-state index in [1.54, 1.807) is 6.07 Å². The lowest BCUT2D eigenvalue weighted by atomic mass is 10.0. The van der Waals surface area contributed by atoms with Crippen molar-refractivity contribution in [1.82, 2.24) is 5.32 Å². The molecule has 112 valence electrons. The molecule has 21 heavy (non-hydrogen) atoms. The standard InChI is InChI=1S/C16H16Cl3NO/c1-2-15(10-3-5-12(17)6-4-10)20-9-11-7-13(18)8-14(19)16(11)21/h3-8,15,20-21H,2,9H2,1H3. The highest BCUT2D eigenvalue weighted by atomic mass is 35.5. The topological polar surface area (TPSA) is 32.3 Å². The van der Waals surface area contributed by atoms with Crippen LogP contribution in [0.4, 0.5) is 0 Å². The molecular formula is C16H16Cl3NO. The molecule has 0 aliphatic heterocycles. The van der Waals surface area contributed by atoms with E-state index in [0.717, 1.165) is 12.0 Å². The van der Waals surface area contributed by atoms with Crippen molar-refractivity contribution in [2.24, 2.45) is 0 Å². The van der Waals surface area contributed by atoms with Crippen molar-refractivity contribution in [3.05, 3.63) is 62.6 Å². The second kappa shape index (κ2) is 7.37. The average molecular weight is 345 g/mol. The van der Waals surface area contributed by atoms with Crippen LogP contribution in [0.1, 0.15) is 30.5 Å². The lowest BCUT2D eigenvalue weighted by molar-refractivity contribution is 0.455. The highest BCUT2D eigenvalue weighted by molar-refractivity contribution is 6.35. The first-order valence-electron chi connectivity index (χ1n) is 6.67. The van der Waals surface area contributed by atoms with E-state index in [-0.39, 0.29) is 16.8 Å². The first-order chi connectivity index (χ1) is 10.0. The van der Waals surface area contributed by atoms with E-state index < -0.39 is 0 Å². The summed E-state index contributed by atoms with van der Waals surface area (Å²) in [5, 5.41) is 14.8. The van der Waals surface area contributed by atoms with Crippen molar-refractivity contribution in [2.75, 3.05) is 0 Å². The summed E-state index contributed by atoms with van der Waals surface area (Å²) in [6, 6.07) is 11.1. The molecule has 2 aromatic rings. The minimum atomic E-state index is 0.0690. The minimum Gasteiger partial charge on any atom is -0.506 e. The molecule has 0 saturated heterocycles. The SMILES string of the molecule is CCC(NCc1cc(Cl)cc(Cl)c1O)c1ccc(Cl)cc1. The Bertz CT molecular complexity index is 614. The van der Waals surface area contributed by atoms with Gasteiger partial charge in [-0.15, -0.1) is 0 Å². The van der Waals surface area contributed by atoms with Gasteiger partial charge in [-0.2, -0.15) is 0 Å². The summed E-state index contributed by atoms with van der Waals surface area (Å²) >= 11 is 17.8. The van der Waals surface area contributed by atoms with E-state index in [0.29, 0.717) is 22.2 Å². The van der Waals surface area contributed by atoms with E-state index in [1.807, 2.05) is 24.3 Å². The molecule has 0 aromatic heterocycles. The summed E-state index contributed by atoms with van der Waals surface area (Å²) < 4.78 is 0. The molecule has 0 aliphatic carbocycles. The monoisotopic (exact) mass is 343 g/mol. The lowest BCUT2D eigenvalue weighted by Crippen LogP contribution is -2.20. The number of nitrogens with one attached hydrogen (secondary N) is 1. The number of hydrogen-bond acceptors (Lipinski definition) is 2. The van der Waals surface area contributed by atoms with Crippen molar-refractivity contribution in [2.45, 2.75) is 25.9 Å². The molecule has 0 radical (unpaired) electrons. The van der Waals surface area contributed by atoms with Gasteiger partial charge in [-0.1, -0.05) is 53.9 Å². The molecule has 2 aromatic carbocycles. The van der Waals surface area contributed by atoms with Gasteiger partial charge in [0.2, 0.25) is 0 Å². The Balaban J connectivity index is 2.12. The van der Waals surface area contributed by atoms with Crippen molar-refractivity contribution in [3.63, 3.8) is 0 Å². The van der Waals surface area contributed by atoms with Crippen LogP contribution in [0.25, 0.3) is 0 Å². The molecule has 2 rings (SSSR count). The molecule has 5 heteroatoms. The summed E-state index contributed by atoms with van der Waals surface area (Å²) in [4.78, 5) is 0. The number of phenolic OH excluding ortho intramolecular Hbond substituents is 1. The van der Waals surface area contributed by atoms with Crippen LogP contribution in [-0.2, 0) is 6.54 Å². The van der Waals surface area contributed by atoms with Crippen molar-refractivity contribution < 1.29 is 5.11 Å². The predicted molar refractivity (Wildman–Crippen MR) is 89.5 cm³/mol. The molecule has 0 saturated carbocycles. The molecule has 0 amide bonds. The Hall–Kier alpha value is -0.930. The zero-order chi connectivity index (χ0) is 15.4. The Labute approximate surface area is 139 Å². The Kier molecular flexibility index (Phi) is 5.77. The highest BCUT2D eigenvalue weighted by Gasteiger charge is 2.12. The van der Waals surface area contributed by atoms with Gasteiger partial charge in [0.25, 0.3) is 0 Å². The van der Waals surface area contributed by atoms with Gasteiger partial charge >= 0.3 is 0 Å². The fraction of sp³-hybridized carbons (Fsp3) is 0.250. The van der Waals surface area contributed by atoms with E-state index in [9.17, 15) is 5.11 Å².